The zero-order valence-electron chi connectivity index (χ0n) is 8.76. The molecule has 0 radical (unpaired) electrons. The maximum atomic E-state index is 10.0. The van der Waals surface area contributed by atoms with E-state index in [0.29, 0.717) is 13.2 Å². The number of nitro groups is 1. The summed E-state index contributed by atoms with van der Waals surface area (Å²) in [6.07, 6.45) is 0. The Morgan fingerprint density at radius 2 is 2.00 bits per heavy atom. The summed E-state index contributed by atoms with van der Waals surface area (Å²) in [7, 11) is 0. The summed E-state index contributed by atoms with van der Waals surface area (Å²) >= 11 is 0. The molecule has 0 aliphatic rings. The van der Waals surface area contributed by atoms with Crippen molar-refractivity contribution in [3.05, 3.63) is 40.4 Å². The molecule has 0 spiro atoms. The fraction of sp³-hybridized carbons (Fsp3) is 0.400. The molecule has 1 rings (SSSR count). The molecule has 0 bridgehead atoms. The van der Waals surface area contributed by atoms with Crippen LogP contribution in [0.15, 0.2) is 30.3 Å². The lowest BCUT2D eigenvalue weighted by molar-refractivity contribution is -0.384. The smallest absolute Gasteiger partial charge is 0.269 e. The normalized spacial score (nSPS) is 8.93. The van der Waals surface area contributed by atoms with Crippen LogP contribution in [0.2, 0.25) is 0 Å². The van der Waals surface area contributed by atoms with Crippen molar-refractivity contribution in [1.29, 1.82) is 0 Å². The molecule has 0 unspecified atom stereocenters. The number of non-ortho nitro benzene ring substituents is 1. The molecule has 84 valence electrons. The summed E-state index contributed by atoms with van der Waals surface area (Å²) in [6.45, 7) is 4.05. The van der Waals surface area contributed by atoms with Gasteiger partial charge in [0.05, 0.1) is 11.5 Å². The van der Waals surface area contributed by atoms with Gasteiger partial charge >= 0.3 is 0 Å². The van der Waals surface area contributed by atoms with Gasteiger partial charge in [-0.3, -0.25) is 10.1 Å². The fourth-order valence-corrected chi connectivity index (χ4v) is 0.777. The maximum Gasteiger partial charge on any atom is 0.269 e. The third kappa shape index (κ3) is 7.60. The second-order valence-electron chi connectivity index (χ2n) is 2.58. The lowest BCUT2D eigenvalue weighted by Crippen LogP contribution is -2.07. The molecule has 5 nitrogen and oxygen atoms in total. The van der Waals surface area contributed by atoms with Gasteiger partial charge in [0, 0.05) is 25.3 Å². The Kier molecular flexibility index (Phi) is 8.22. The van der Waals surface area contributed by atoms with Gasteiger partial charge in [-0.2, -0.15) is 0 Å². The molecular weight excluding hydrogens is 196 g/mol. The number of nitro benzene ring substituents is 1. The minimum Gasteiger partial charge on any atom is -0.380 e. The molecule has 0 aliphatic heterocycles. The summed E-state index contributed by atoms with van der Waals surface area (Å²) in [5.41, 5.74) is 5.23. The van der Waals surface area contributed by atoms with Crippen LogP contribution in [0.4, 0.5) is 5.69 Å². The minimum atomic E-state index is -0.417. The molecule has 0 saturated heterocycles. The van der Waals surface area contributed by atoms with Crippen LogP contribution in [0.5, 0.6) is 0 Å². The Morgan fingerprint density at radius 3 is 2.27 bits per heavy atom. The van der Waals surface area contributed by atoms with Gasteiger partial charge in [-0.05, 0) is 6.92 Å². The molecular formula is C10H16N2O3. The third-order valence-electron chi connectivity index (χ3n) is 1.43. The number of para-hydroxylation sites is 1. The quantitative estimate of drug-likeness (QED) is 0.467. The predicted octanol–water partition coefficient (Wildman–Crippen LogP) is 1.58. The van der Waals surface area contributed by atoms with Crippen molar-refractivity contribution < 1.29 is 9.66 Å². The van der Waals surface area contributed by atoms with Crippen LogP contribution in [-0.2, 0) is 4.74 Å². The highest BCUT2D eigenvalue weighted by Crippen LogP contribution is 2.06. The molecule has 0 aromatic heterocycles. The van der Waals surface area contributed by atoms with Gasteiger partial charge < -0.3 is 10.5 Å². The van der Waals surface area contributed by atoms with Crippen LogP contribution >= 0.6 is 0 Å². The SMILES string of the molecule is CCOCCN.O=[N+]([O-])c1ccccc1. The zero-order valence-corrected chi connectivity index (χ0v) is 8.76. The molecule has 1 aromatic rings. The van der Waals surface area contributed by atoms with Gasteiger partial charge in [-0.25, -0.2) is 0 Å². The topological polar surface area (TPSA) is 78.4 Å². The number of ether oxygens (including phenoxy) is 1. The summed E-state index contributed by atoms with van der Waals surface area (Å²) in [4.78, 5) is 9.59. The number of hydrogen-bond donors (Lipinski definition) is 1. The Morgan fingerprint density at radius 1 is 1.40 bits per heavy atom. The highest BCUT2D eigenvalue weighted by Gasteiger charge is 1.98. The first-order chi connectivity index (χ1) is 7.22. The molecule has 0 heterocycles. The zero-order chi connectivity index (χ0) is 11.5. The van der Waals surface area contributed by atoms with Crippen molar-refractivity contribution in [2.45, 2.75) is 6.92 Å². The van der Waals surface area contributed by atoms with Crippen LogP contribution in [0.1, 0.15) is 6.92 Å². The molecule has 15 heavy (non-hydrogen) atoms. The second-order valence-corrected chi connectivity index (χ2v) is 2.58. The van der Waals surface area contributed by atoms with Crippen LogP contribution in [0.3, 0.4) is 0 Å². The number of hydrogen-bond acceptors (Lipinski definition) is 4. The van der Waals surface area contributed by atoms with E-state index >= 15 is 0 Å². The van der Waals surface area contributed by atoms with Crippen molar-refractivity contribution in [3.63, 3.8) is 0 Å². The van der Waals surface area contributed by atoms with E-state index in [-0.39, 0.29) is 5.69 Å². The Hall–Kier alpha value is -1.46. The average Bonchev–Trinajstić information content (AvgIpc) is 2.28. The Bertz CT molecular complexity index is 261. The van der Waals surface area contributed by atoms with Crippen LogP contribution in [0, 0.1) is 10.1 Å². The third-order valence-corrected chi connectivity index (χ3v) is 1.43. The van der Waals surface area contributed by atoms with E-state index in [4.69, 9.17) is 10.5 Å². The van der Waals surface area contributed by atoms with E-state index in [1.807, 2.05) is 6.92 Å². The first-order valence-corrected chi connectivity index (χ1v) is 4.69. The van der Waals surface area contributed by atoms with Crippen molar-refractivity contribution >= 4 is 5.69 Å². The molecule has 5 heteroatoms. The van der Waals surface area contributed by atoms with Crippen molar-refractivity contribution in [3.8, 4) is 0 Å². The largest absolute Gasteiger partial charge is 0.380 e. The Labute approximate surface area is 89.0 Å². The summed E-state index contributed by atoms with van der Waals surface area (Å²) in [5.74, 6) is 0. The van der Waals surface area contributed by atoms with E-state index in [0.717, 1.165) is 6.61 Å². The molecule has 0 saturated carbocycles. The number of nitrogens with zero attached hydrogens (tertiary/aromatic N) is 1. The molecule has 0 fully saturated rings. The van der Waals surface area contributed by atoms with Gasteiger partial charge in [0.25, 0.3) is 5.69 Å². The van der Waals surface area contributed by atoms with Crippen LogP contribution in [0.25, 0.3) is 0 Å². The highest BCUT2D eigenvalue weighted by molar-refractivity contribution is 5.27. The average molecular weight is 212 g/mol. The van der Waals surface area contributed by atoms with Gasteiger partial charge in [0.15, 0.2) is 0 Å². The van der Waals surface area contributed by atoms with Gasteiger partial charge in [-0.1, -0.05) is 18.2 Å². The van der Waals surface area contributed by atoms with E-state index in [1.54, 1.807) is 18.2 Å². The number of rotatable bonds is 4. The van der Waals surface area contributed by atoms with E-state index in [9.17, 15) is 10.1 Å². The first-order valence-electron chi connectivity index (χ1n) is 4.69. The van der Waals surface area contributed by atoms with Gasteiger partial charge in [-0.15, -0.1) is 0 Å². The fourth-order valence-electron chi connectivity index (χ4n) is 0.777. The number of benzene rings is 1. The van der Waals surface area contributed by atoms with Gasteiger partial charge in [0.1, 0.15) is 0 Å². The highest BCUT2D eigenvalue weighted by atomic mass is 16.6. The second kappa shape index (κ2) is 9.11. The molecule has 1 aromatic carbocycles. The summed E-state index contributed by atoms with van der Waals surface area (Å²) < 4.78 is 4.86. The maximum absolute atomic E-state index is 10.0. The first kappa shape index (κ1) is 13.5. The lowest BCUT2D eigenvalue weighted by atomic mass is 10.3. The minimum absolute atomic E-state index is 0.137. The van der Waals surface area contributed by atoms with Gasteiger partial charge in [0.2, 0.25) is 0 Å². The van der Waals surface area contributed by atoms with Crippen molar-refractivity contribution in [1.82, 2.24) is 0 Å². The molecule has 0 aliphatic carbocycles. The van der Waals surface area contributed by atoms with E-state index in [2.05, 4.69) is 0 Å². The Balaban J connectivity index is 0.000000288. The van der Waals surface area contributed by atoms with E-state index < -0.39 is 4.92 Å². The number of nitrogens with two attached hydrogens (primary N) is 1. The molecule has 0 amide bonds. The monoisotopic (exact) mass is 212 g/mol. The van der Waals surface area contributed by atoms with E-state index in [1.165, 1.54) is 12.1 Å². The standard InChI is InChI=1S/C6H5NO2.C4H11NO/c8-7(9)6-4-2-1-3-5-6;1-2-6-4-3-5/h1-5H;2-5H2,1H3. The lowest BCUT2D eigenvalue weighted by Gasteiger charge is -1.91. The van der Waals surface area contributed by atoms with Crippen molar-refractivity contribution in [2.24, 2.45) is 5.73 Å². The van der Waals surface area contributed by atoms with Crippen LogP contribution in [-0.4, -0.2) is 24.7 Å². The molecule has 2 N–H and O–H groups in total. The predicted molar refractivity (Wildman–Crippen MR) is 58.6 cm³/mol. The van der Waals surface area contributed by atoms with Crippen LogP contribution < -0.4 is 5.73 Å². The summed E-state index contributed by atoms with van der Waals surface area (Å²) in [6, 6.07) is 7.93. The molecule has 0 atom stereocenters. The summed E-state index contributed by atoms with van der Waals surface area (Å²) in [5, 5.41) is 10.0. The van der Waals surface area contributed by atoms with Crippen molar-refractivity contribution in [2.75, 3.05) is 19.8 Å².